The van der Waals surface area contributed by atoms with E-state index in [2.05, 4.69) is 31.8 Å². The standard InChI is InChI=1S/C15H33NO3Si/c1-7-17-20(18-8-2,19-9-3)16-12-10-11-15(6)13-14(4)5/h11,14,16H,7-10,12-13H2,1-6H3. The molecule has 0 aromatic heterocycles. The second kappa shape index (κ2) is 11.5. The minimum absolute atomic E-state index is 0.599. The molecule has 0 aliphatic heterocycles. The predicted molar refractivity (Wildman–Crippen MR) is 86.5 cm³/mol. The topological polar surface area (TPSA) is 39.7 Å². The van der Waals surface area contributed by atoms with Gasteiger partial charge in [-0.2, -0.15) is 0 Å². The molecule has 0 rings (SSSR count). The highest BCUT2D eigenvalue weighted by molar-refractivity contribution is 6.57. The van der Waals surface area contributed by atoms with E-state index in [-0.39, 0.29) is 0 Å². The first-order valence-electron chi connectivity index (χ1n) is 7.82. The van der Waals surface area contributed by atoms with E-state index in [1.807, 2.05) is 20.8 Å². The Labute approximate surface area is 126 Å². The van der Waals surface area contributed by atoms with Crippen molar-refractivity contribution in [3.05, 3.63) is 11.6 Å². The van der Waals surface area contributed by atoms with Crippen LogP contribution in [0.15, 0.2) is 11.6 Å². The van der Waals surface area contributed by atoms with Crippen molar-refractivity contribution < 1.29 is 13.3 Å². The molecule has 120 valence electrons. The van der Waals surface area contributed by atoms with Gasteiger partial charge in [-0.15, -0.1) is 0 Å². The van der Waals surface area contributed by atoms with Crippen molar-refractivity contribution in [3.63, 3.8) is 0 Å². The zero-order chi connectivity index (χ0) is 15.4. The average Bonchev–Trinajstić information content (AvgIpc) is 2.35. The summed E-state index contributed by atoms with van der Waals surface area (Å²) in [7, 11) is -2.68. The second-order valence-electron chi connectivity index (χ2n) is 5.22. The molecular formula is C15H33NO3Si. The van der Waals surface area contributed by atoms with Crippen LogP contribution in [0.2, 0.25) is 0 Å². The summed E-state index contributed by atoms with van der Waals surface area (Å²) in [6, 6.07) is 0. The highest BCUT2D eigenvalue weighted by atomic mass is 28.4. The van der Waals surface area contributed by atoms with Crippen LogP contribution in [-0.4, -0.2) is 35.3 Å². The van der Waals surface area contributed by atoms with Crippen molar-refractivity contribution >= 4 is 8.97 Å². The maximum Gasteiger partial charge on any atom is 0.596 e. The molecule has 0 radical (unpaired) electrons. The fourth-order valence-corrected chi connectivity index (χ4v) is 4.27. The zero-order valence-corrected chi connectivity index (χ0v) is 15.1. The third kappa shape index (κ3) is 8.87. The van der Waals surface area contributed by atoms with Gasteiger partial charge in [-0.25, -0.2) is 0 Å². The fourth-order valence-electron chi connectivity index (χ4n) is 2.12. The Balaban J connectivity index is 4.31. The Kier molecular flexibility index (Phi) is 11.3. The van der Waals surface area contributed by atoms with Crippen LogP contribution in [0.3, 0.4) is 0 Å². The van der Waals surface area contributed by atoms with Gasteiger partial charge in [0.1, 0.15) is 0 Å². The van der Waals surface area contributed by atoms with Crippen LogP contribution in [-0.2, 0) is 13.3 Å². The third-order valence-electron chi connectivity index (χ3n) is 2.71. The monoisotopic (exact) mass is 303 g/mol. The molecule has 5 heteroatoms. The molecule has 0 saturated heterocycles. The lowest BCUT2D eigenvalue weighted by atomic mass is 10.0. The van der Waals surface area contributed by atoms with Gasteiger partial charge in [-0.05, 0) is 53.0 Å². The summed E-state index contributed by atoms with van der Waals surface area (Å²) in [5.41, 5.74) is 1.44. The van der Waals surface area contributed by atoms with Crippen molar-refractivity contribution in [3.8, 4) is 0 Å². The molecule has 20 heavy (non-hydrogen) atoms. The third-order valence-corrected chi connectivity index (χ3v) is 5.40. The van der Waals surface area contributed by atoms with E-state index in [9.17, 15) is 0 Å². The summed E-state index contributed by atoms with van der Waals surface area (Å²) in [6.07, 6.45) is 4.42. The van der Waals surface area contributed by atoms with Crippen molar-refractivity contribution in [1.82, 2.24) is 4.98 Å². The lowest BCUT2D eigenvalue weighted by molar-refractivity contribution is 0.0602. The van der Waals surface area contributed by atoms with Gasteiger partial charge in [-0.1, -0.05) is 25.5 Å². The van der Waals surface area contributed by atoms with E-state index in [1.54, 1.807) is 0 Å². The molecule has 0 atom stereocenters. The van der Waals surface area contributed by atoms with Crippen molar-refractivity contribution in [2.75, 3.05) is 26.4 Å². The molecule has 0 bridgehead atoms. The predicted octanol–water partition coefficient (Wildman–Crippen LogP) is 3.50. The van der Waals surface area contributed by atoms with Gasteiger partial charge in [0.05, 0.1) is 0 Å². The van der Waals surface area contributed by atoms with Crippen molar-refractivity contribution in [2.45, 2.75) is 54.4 Å². The first kappa shape index (κ1) is 19.8. The minimum atomic E-state index is -2.68. The van der Waals surface area contributed by atoms with Crippen LogP contribution < -0.4 is 4.98 Å². The molecule has 0 saturated carbocycles. The summed E-state index contributed by atoms with van der Waals surface area (Å²) in [4.78, 5) is 3.37. The number of hydrogen-bond donors (Lipinski definition) is 1. The van der Waals surface area contributed by atoms with Gasteiger partial charge in [0.2, 0.25) is 0 Å². The summed E-state index contributed by atoms with van der Waals surface area (Å²) < 4.78 is 17.2. The number of nitrogens with one attached hydrogen (secondary N) is 1. The van der Waals surface area contributed by atoms with Crippen LogP contribution in [0, 0.1) is 5.92 Å². The molecule has 0 heterocycles. The molecule has 0 unspecified atom stereocenters. The van der Waals surface area contributed by atoms with Crippen molar-refractivity contribution in [2.24, 2.45) is 5.92 Å². The van der Waals surface area contributed by atoms with E-state index in [0.717, 1.165) is 19.4 Å². The SMILES string of the molecule is CCO[Si](NCCC=C(C)CC(C)C)(OCC)OCC. The summed E-state index contributed by atoms with van der Waals surface area (Å²) >= 11 is 0. The summed E-state index contributed by atoms with van der Waals surface area (Å²) in [5, 5.41) is 0. The number of hydrogen-bond acceptors (Lipinski definition) is 4. The number of rotatable bonds is 12. The lowest BCUT2D eigenvalue weighted by Gasteiger charge is -2.28. The first-order chi connectivity index (χ1) is 9.49. The number of allylic oxidation sites excluding steroid dienone is 1. The van der Waals surface area contributed by atoms with Gasteiger partial charge in [0.15, 0.2) is 0 Å². The van der Waals surface area contributed by atoms with Crippen LogP contribution in [0.4, 0.5) is 0 Å². The molecule has 0 aromatic rings. The normalized spacial score (nSPS) is 13.2. The summed E-state index contributed by atoms with van der Waals surface area (Å²) in [5.74, 6) is 0.711. The van der Waals surface area contributed by atoms with Gasteiger partial charge >= 0.3 is 8.97 Å². The quantitative estimate of drug-likeness (QED) is 0.340. The minimum Gasteiger partial charge on any atom is -0.361 e. The molecule has 1 N–H and O–H groups in total. The second-order valence-corrected chi connectivity index (χ2v) is 7.55. The highest BCUT2D eigenvalue weighted by Gasteiger charge is 2.40. The highest BCUT2D eigenvalue weighted by Crippen LogP contribution is 2.11. The Morgan fingerprint density at radius 2 is 1.55 bits per heavy atom. The molecule has 0 aromatic carbocycles. The average molecular weight is 304 g/mol. The Hall–Kier alpha value is -0.203. The molecule has 0 amide bonds. The van der Waals surface area contributed by atoms with Gasteiger partial charge < -0.3 is 13.3 Å². The van der Waals surface area contributed by atoms with Crippen LogP contribution in [0.1, 0.15) is 54.4 Å². The van der Waals surface area contributed by atoms with E-state index < -0.39 is 8.97 Å². The van der Waals surface area contributed by atoms with Crippen LogP contribution in [0.25, 0.3) is 0 Å². The van der Waals surface area contributed by atoms with E-state index in [0.29, 0.717) is 25.7 Å². The van der Waals surface area contributed by atoms with Gasteiger partial charge in [0.25, 0.3) is 0 Å². The fraction of sp³-hybridized carbons (Fsp3) is 0.867. The Bertz CT molecular complexity index is 253. The maximum absolute atomic E-state index is 5.74. The van der Waals surface area contributed by atoms with Gasteiger partial charge in [-0.3, -0.25) is 4.98 Å². The maximum atomic E-state index is 5.74. The Morgan fingerprint density at radius 1 is 1.05 bits per heavy atom. The molecular weight excluding hydrogens is 270 g/mol. The molecule has 0 aliphatic rings. The summed E-state index contributed by atoms with van der Waals surface area (Å²) in [6.45, 7) is 15.2. The van der Waals surface area contributed by atoms with E-state index in [4.69, 9.17) is 13.3 Å². The van der Waals surface area contributed by atoms with Crippen molar-refractivity contribution in [1.29, 1.82) is 0 Å². The molecule has 0 spiro atoms. The smallest absolute Gasteiger partial charge is 0.361 e. The lowest BCUT2D eigenvalue weighted by Crippen LogP contribution is -2.59. The first-order valence-corrected chi connectivity index (χ1v) is 9.54. The largest absolute Gasteiger partial charge is 0.596 e. The Morgan fingerprint density at radius 3 is 1.95 bits per heavy atom. The molecule has 0 aliphatic carbocycles. The van der Waals surface area contributed by atoms with Crippen LogP contribution in [0.5, 0.6) is 0 Å². The van der Waals surface area contributed by atoms with Crippen LogP contribution >= 0.6 is 0 Å². The van der Waals surface area contributed by atoms with E-state index >= 15 is 0 Å². The molecule has 4 nitrogen and oxygen atoms in total. The molecule has 0 fully saturated rings. The zero-order valence-electron chi connectivity index (χ0n) is 14.1. The van der Waals surface area contributed by atoms with Gasteiger partial charge in [0, 0.05) is 19.8 Å². The van der Waals surface area contributed by atoms with E-state index in [1.165, 1.54) is 5.57 Å².